The molecule has 0 saturated carbocycles. The van der Waals surface area contributed by atoms with Crippen LogP contribution in [0, 0.1) is 0 Å². The van der Waals surface area contributed by atoms with E-state index in [4.69, 9.17) is 16.3 Å². The predicted octanol–water partition coefficient (Wildman–Crippen LogP) is 3.60. The number of benzene rings is 2. The SMILES string of the molecule is COc1ccc(-c2c(Cl)ncn2-c2ccc(S(C)(=O)=O)cc2)cc1. The number of aromatic nitrogens is 2. The highest BCUT2D eigenvalue weighted by atomic mass is 35.5. The molecular formula is C17H15ClN2O3S. The highest BCUT2D eigenvalue weighted by molar-refractivity contribution is 7.90. The Kier molecular flexibility index (Phi) is 4.34. The minimum Gasteiger partial charge on any atom is -0.497 e. The molecule has 0 atom stereocenters. The van der Waals surface area contributed by atoms with Crippen molar-refractivity contribution in [2.45, 2.75) is 4.90 Å². The van der Waals surface area contributed by atoms with Crippen molar-refractivity contribution >= 4 is 21.4 Å². The van der Waals surface area contributed by atoms with Gasteiger partial charge in [0, 0.05) is 17.5 Å². The van der Waals surface area contributed by atoms with Crippen LogP contribution in [0.25, 0.3) is 16.9 Å². The second kappa shape index (κ2) is 6.30. The highest BCUT2D eigenvalue weighted by Gasteiger charge is 2.14. The molecule has 0 bridgehead atoms. The first-order chi connectivity index (χ1) is 11.4. The Morgan fingerprint density at radius 1 is 1.04 bits per heavy atom. The van der Waals surface area contributed by atoms with Gasteiger partial charge >= 0.3 is 0 Å². The maximum absolute atomic E-state index is 11.6. The Morgan fingerprint density at radius 3 is 2.21 bits per heavy atom. The Balaban J connectivity index is 2.06. The number of hydrogen-bond donors (Lipinski definition) is 0. The first-order valence-corrected chi connectivity index (χ1v) is 9.35. The topological polar surface area (TPSA) is 61.2 Å². The zero-order chi connectivity index (χ0) is 17.3. The zero-order valence-electron chi connectivity index (χ0n) is 13.1. The van der Waals surface area contributed by atoms with Crippen LogP contribution >= 0.6 is 11.6 Å². The van der Waals surface area contributed by atoms with E-state index in [2.05, 4.69) is 4.98 Å². The molecule has 7 heteroatoms. The molecule has 24 heavy (non-hydrogen) atoms. The van der Waals surface area contributed by atoms with Gasteiger partial charge in [-0.2, -0.15) is 0 Å². The van der Waals surface area contributed by atoms with Crippen LogP contribution in [0.15, 0.2) is 59.8 Å². The van der Waals surface area contributed by atoms with Crippen LogP contribution in [-0.2, 0) is 9.84 Å². The third-order valence-electron chi connectivity index (χ3n) is 3.63. The first kappa shape index (κ1) is 16.5. The molecule has 0 amide bonds. The lowest BCUT2D eigenvalue weighted by atomic mass is 10.1. The van der Waals surface area contributed by atoms with E-state index in [1.165, 1.54) is 6.26 Å². The smallest absolute Gasteiger partial charge is 0.175 e. The number of sulfone groups is 1. The van der Waals surface area contributed by atoms with Crippen LogP contribution in [0.2, 0.25) is 5.15 Å². The number of rotatable bonds is 4. The normalized spacial score (nSPS) is 11.5. The monoisotopic (exact) mass is 362 g/mol. The van der Waals surface area contributed by atoms with E-state index in [9.17, 15) is 8.42 Å². The quantitative estimate of drug-likeness (QED) is 0.711. The average Bonchev–Trinajstić information content (AvgIpc) is 2.96. The summed E-state index contributed by atoms with van der Waals surface area (Å²) in [6, 6.07) is 14.0. The van der Waals surface area contributed by atoms with Gasteiger partial charge in [-0.1, -0.05) is 11.6 Å². The van der Waals surface area contributed by atoms with Gasteiger partial charge in [-0.3, -0.25) is 4.57 Å². The van der Waals surface area contributed by atoms with Gasteiger partial charge in [0.05, 0.1) is 17.7 Å². The first-order valence-electron chi connectivity index (χ1n) is 7.08. The third kappa shape index (κ3) is 3.16. The van der Waals surface area contributed by atoms with Crippen molar-refractivity contribution < 1.29 is 13.2 Å². The summed E-state index contributed by atoms with van der Waals surface area (Å²) in [5.74, 6) is 0.749. The molecule has 0 unspecified atom stereocenters. The molecule has 0 aliphatic carbocycles. The molecule has 1 heterocycles. The minimum absolute atomic E-state index is 0.267. The summed E-state index contributed by atoms with van der Waals surface area (Å²) in [6.45, 7) is 0. The van der Waals surface area contributed by atoms with Crippen LogP contribution in [0.1, 0.15) is 0 Å². The van der Waals surface area contributed by atoms with Crippen molar-refractivity contribution in [3.8, 4) is 22.7 Å². The molecule has 2 aromatic carbocycles. The molecule has 5 nitrogen and oxygen atoms in total. The fourth-order valence-corrected chi connectivity index (χ4v) is 3.26. The van der Waals surface area contributed by atoms with Crippen molar-refractivity contribution in [2.24, 2.45) is 0 Å². The van der Waals surface area contributed by atoms with Gasteiger partial charge < -0.3 is 4.74 Å². The van der Waals surface area contributed by atoms with Gasteiger partial charge in [-0.15, -0.1) is 0 Å². The van der Waals surface area contributed by atoms with Crippen LogP contribution in [0.3, 0.4) is 0 Å². The fraction of sp³-hybridized carbons (Fsp3) is 0.118. The second-order valence-corrected chi connectivity index (χ2v) is 7.62. The summed E-state index contributed by atoms with van der Waals surface area (Å²) in [4.78, 5) is 4.43. The zero-order valence-corrected chi connectivity index (χ0v) is 14.7. The Morgan fingerprint density at radius 2 is 1.67 bits per heavy atom. The lowest BCUT2D eigenvalue weighted by molar-refractivity contribution is 0.415. The number of hydrogen-bond acceptors (Lipinski definition) is 4. The second-order valence-electron chi connectivity index (χ2n) is 5.25. The van der Waals surface area contributed by atoms with E-state index >= 15 is 0 Å². The van der Waals surface area contributed by atoms with Gasteiger partial charge in [0.2, 0.25) is 0 Å². The molecule has 0 aliphatic heterocycles. The summed E-state index contributed by atoms with van der Waals surface area (Å²) >= 11 is 6.25. The van der Waals surface area contributed by atoms with Crippen molar-refractivity contribution in [3.63, 3.8) is 0 Å². The molecule has 0 fully saturated rings. The summed E-state index contributed by atoms with van der Waals surface area (Å²) < 4.78 is 30.1. The standard InChI is InChI=1S/C17H15ClN2O3S/c1-23-14-7-3-12(4-8-14)16-17(18)19-11-20(16)13-5-9-15(10-6-13)24(2,21)22/h3-11H,1-2H3. The molecule has 0 aliphatic rings. The van der Waals surface area contributed by atoms with Crippen molar-refractivity contribution in [1.29, 1.82) is 0 Å². The van der Waals surface area contributed by atoms with Crippen LogP contribution < -0.4 is 4.74 Å². The van der Waals surface area contributed by atoms with Crippen LogP contribution in [0.5, 0.6) is 5.75 Å². The summed E-state index contributed by atoms with van der Waals surface area (Å²) in [5.41, 5.74) is 2.38. The predicted molar refractivity (Wildman–Crippen MR) is 93.7 cm³/mol. The Bertz CT molecular complexity index is 962. The lowest BCUT2D eigenvalue weighted by Crippen LogP contribution is -1.99. The lowest BCUT2D eigenvalue weighted by Gasteiger charge is -2.10. The average molecular weight is 363 g/mol. The van der Waals surface area contributed by atoms with Crippen molar-refractivity contribution in [3.05, 3.63) is 60.0 Å². The van der Waals surface area contributed by atoms with E-state index in [1.807, 2.05) is 28.8 Å². The number of imidazole rings is 1. The van der Waals surface area contributed by atoms with E-state index in [1.54, 1.807) is 37.7 Å². The molecule has 0 N–H and O–H groups in total. The Labute approximate surface area is 145 Å². The molecule has 0 radical (unpaired) electrons. The van der Waals surface area contributed by atoms with E-state index in [0.29, 0.717) is 5.15 Å². The largest absolute Gasteiger partial charge is 0.497 e. The molecule has 124 valence electrons. The number of halogens is 1. The Hall–Kier alpha value is -2.31. The van der Waals surface area contributed by atoms with Crippen molar-refractivity contribution in [1.82, 2.24) is 9.55 Å². The van der Waals surface area contributed by atoms with Crippen LogP contribution in [-0.4, -0.2) is 31.3 Å². The van der Waals surface area contributed by atoms with Gasteiger partial charge in [-0.05, 0) is 48.5 Å². The molecule has 0 spiro atoms. The van der Waals surface area contributed by atoms with E-state index < -0.39 is 9.84 Å². The number of ether oxygens (including phenoxy) is 1. The number of nitrogens with zero attached hydrogens (tertiary/aromatic N) is 2. The molecule has 3 aromatic rings. The van der Waals surface area contributed by atoms with Gasteiger partial charge in [0.25, 0.3) is 0 Å². The minimum atomic E-state index is -3.23. The van der Waals surface area contributed by atoms with Gasteiger partial charge in [0.15, 0.2) is 15.0 Å². The maximum atomic E-state index is 11.6. The molecular weight excluding hydrogens is 348 g/mol. The maximum Gasteiger partial charge on any atom is 0.175 e. The fourth-order valence-electron chi connectivity index (χ4n) is 2.38. The van der Waals surface area contributed by atoms with Crippen molar-refractivity contribution in [2.75, 3.05) is 13.4 Å². The third-order valence-corrected chi connectivity index (χ3v) is 5.03. The highest BCUT2D eigenvalue weighted by Crippen LogP contribution is 2.31. The summed E-state index contributed by atoms with van der Waals surface area (Å²) in [6.07, 6.45) is 2.79. The van der Waals surface area contributed by atoms with Gasteiger partial charge in [0.1, 0.15) is 12.1 Å². The van der Waals surface area contributed by atoms with E-state index in [0.717, 1.165) is 22.7 Å². The van der Waals surface area contributed by atoms with Crippen LogP contribution in [0.4, 0.5) is 0 Å². The molecule has 1 aromatic heterocycles. The summed E-state index contributed by atoms with van der Waals surface area (Å²) in [7, 11) is -1.62. The molecule has 0 saturated heterocycles. The molecule has 3 rings (SSSR count). The van der Waals surface area contributed by atoms with E-state index in [-0.39, 0.29) is 4.90 Å². The van der Waals surface area contributed by atoms with Gasteiger partial charge in [-0.25, -0.2) is 13.4 Å². The number of methoxy groups -OCH3 is 1. The summed E-state index contributed by atoms with van der Waals surface area (Å²) in [5, 5.41) is 0.368.